The first-order valence-corrected chi connectivity index (χ1v) is 13.1. The van der Waals surface area contributed by atoms with Crippen molar-refractivity contribution in [2.75, 3.05) is 20.2 Å². The molecule has 1 heterocycles. The summed E-state index contributed by atoms with van der Waals surface area (Å²) in [6.45, 7) is 11.0. The van der Waals surface area contributed by atoms with Gasteiger partial charge in [-0.3, -0.25) is 4.79 Å². The summed E-state index contributed by atoms with van der Waals surface area (Å²) in [4.78, 5) is 13.3. The maximum atomic E-state index is 13.2. The molecule has 3 rings (SSSR count). The summed E-state index contributed by atoms with van der Waals surface area (Å²) < 4.78 is 33.5. The Morgan fingerprint density at radius 3 is 2.24 bits per heavy atom. The van der Waals surface area contributed by atoms with Crippen molar-refractivity contribution in [2.45, 2.75) is 70.7 Å². The van der Waals surface area contributed by atoms with Gasteiger partial charge >= 0.3 is 0 Å². The molecule has 6 nitrogen and oxygen atoms in total. The van der Waals surface area contributed by atoms with Crippen molar-refractivity contribution in [3.63, 3.8) is 0 Å². The average Bonchev–Trinajstić information content (AvgIpc) is 2.79. The molecule has 0 saturated carbocycles. The van der Waals surface area contributed by atoms with Gasteiger partial charge in [-0.15, -0.1) is 0 Å². The summed E-state index contributed by atoms with van der Waals surface area (Å²) in [6.07, 6.45) is 2.79. The number of amides is 1. The van der Waals surface area contributed by atoms with E-state index in [1.165, 1.54) is 10.4 Å². The molecule has 1 saturated heterocycles. The quantitative estimate of drug-likeness (QED) is 0.608. The molecule has 2 aromatic rings. The van der Waals surface area contributed by atoms with Gasteiger partial charge in [-0.1, -0.05) is 26.3 Å². The van der Waals surface area contributed by atoms with Gasteiger partial charge in [0.25, 0.3) is 5.91 Å². The number of rotatable bonds is 7. The van der Waals surface area contributed by atoms with Crippen LogP contribution in [0.25, 0.3) is 0 Å². The van der Waals surface area contributed by atoms with Crippen LogP contribution >= 0.6 is 0 Å². The fourth-order valence-corrected chi connectivity index (χ4v) is 6.20. The highest BCUT2D eigenvalue weighted by Gasteiger charge is 2.28. The number of piperidine rings is 1. The number of carbonyl (C=O) groups is 1. The molecule has 0 spiro atoms. The normalized spacial score (nSPS) is 16.0. The number of nitrogens with one attached hydrogen (secondary N) is 1. The van der Waals surface area contributed by atoms with Crippen LogP contribution in [-0.2, 0) is 10.0 Å². The lowest BCUT2D eigenvalue weighted by Gasteiger charge is -2.26. The summed E-state index contributed by atoms with van der Waals surface area (Å²) in [7, 11) is -1.95. The predicted octanol–water partition coefficient (Wildman–Crippen LogP) is 5.10. The summed E-state index contributed by atoms with van der Waals surface area (Å²) in [5.74, 6) is 0.830. The van der Waals surface area contributed by atoms with E-state index in [1.807, 2.05) is 19.9 Å². The van der Waals surface area contributed by atoms with Gasteiger partial charge in [0.1, 0.15) is 5.75 Å². The number of carbonyl (C=O) groups excluding carboxylic acids is 1. The first-order valence-electron chi connectivity index (χ1n) is 11.7. The van der Waals surface area contributed by atoms with Crippen LogP contribution in [0.3, 0.4) is 0 Å². The van der Waals surface area contributed by atoms with Crippen LogP contribution in [-0.4, -0.2) is 38.8 Å². The van der Waals surface area contributed by atoms with Crippen molar-refractivity contribution in [3.05, 3.63) is 58.1 Å². The molecular weight excluding hydrogens is 436 g/mol. The smallest absolute Gasteiger partial charge is 0.251 e. The van der Waals surface area contributed by atoms with Gasteiger partial charge in [0.05, 0.1) is 18.0 Å². The van der Waals surface area contributed by atoms with Crippen LogP contribution in [0.5, 0.6) is 5.75 Å². The van der Waals surface area contributed by atoms with E-state index in [9.17, 15) is 13.2 Å². The fourth-order valence-electron chi connectivity index (χ4n) is 4.43. The van der Waals surface area contributed by atoms with E-state index in [-0.39, 0.29) is 22.8 Å². The Balaban J connectivity index is 1.87. The number of sulfonamides is 1. The summed E-state index contributed by atoms with van der Waals surface area (Å²) in [6, 6.07) is 8.76. The number of ether oxygens (including phenoxy) is 1. The van der Waals surface area contributed by atoms with Gasteiger partial charge in [-0.05, 0) is 86.1 Å². The molecule has 2 aromatic carbocycles. The fraction of sp³-hybridized carbons (Fsp3) is 0.500. The second-order valence-electron chi connectivity index (χ2n) is 9.25. The highest BCUT2D eigenvalue weighted by Crippen LogP contribution is 2.32. The minimum atomic E-state index is -3.62. The zero-order chi connectivity index (χ0) is 24.3. The Hall–Kier alpha value is -2.38. The largest absolute Gasteiger partial charge is 0.496 e. The molecule has 0 aliphatic carbocycles. The lowest BCUT2D eigenvalue weighted by molar-refractivity contribution is 0.0939. The van der Waals surface area contributed by atoms with Gasteiger partial charge in [0.15, 0.2) is 0 Å². The molecule has 7 heteroatoms. The minimum Gasteiger partial charge on any atom is -0.496 e. The van der Waals surface area contributed by atoms with Crippen LogP contribution < -0.4 is 10.1 Å². The highest BCUT2D eigenvalue weighted by atomic mass is 32.2. The second kappa shape index (κ2) is 10.3. The summed E-state index contributed by atoms with van der Waals surface area (Å²) >= 11 is 0. The van der Waals surface area contributed by atoms with E-state index in [0.29, 0.717) is 24.2 Å². The number of nitrogens with zero attached hydrogens (tertiary/aromatic N) is 1. The number of benzene rings is 2. The van der Waals surface area contributed by atoms with Crippen LogP contribution in [0.15, 0.2) is 35.2 Å². The van der Waals surface area contributed by atoms with Crippen molar-refractivity contribution in [1.29, 1.82) is 0 Å². The predicted molar refractivity (Wildman–Crippen MR) is 131 cm³/mol. The van der Waals surface area contributed by atoms with E-state index in [1.54, 1.807) is 26.2 Å². The molecule has 1 atom stereocenters. The first-order chi connectivity index (χ1) is 15.6. The van der Waals surface area contributed by atoms with Gasteiger partial charge in [-0.2, -0.15) is 4.31 Å². The third-order valence-corrected chi connectivity index (χ3v) is 8.48. The number of aryl methyl sites for hydroxylation is 2. The Morgan fingerprint density at radius 2 is 1.64 bits per heavy atom. The Bertz CT molecular complexity index is 1120. The molecule has 0 radical (unpaired) electrons. The maximum absolute atomic E-state index is 13.2. The SMILES string of the molecule is COc1cc(C)c(C(C)NC(=O)c2ccc(C)c(S(=O)(=O)N3CCCCC3)c2)cc1C(C)C. The number of hydrogen-bond acceptors (Lipinski definition) is 4. The van der Waals surface area contributed by atoms with Crippen LogP contribution in [0.4, 0.5) is 0 Å². The third-order valence-electron chi connectivity index (χ3n) is 6.44. The second-order valence-corrected chi connectivity index (χ2v) is 11.2. The van der Waals surface area contributed by atoms with Crippen LogP contribution in [0, 0.1) is 13.8 Å². The molecule has 0 aromatic heterocycles. The average molecular weight is 473 g/mol. The molecule has 180 valence electrons. The standard InChI is InChI=1S/C26H36N2O4S/c1-17(2)22-16-23(19(4)14-24(22)32-6)20(5)27-26(29)21-11-10-18(3)25(15-21)33(30,31)28-12-8-7-9-13-28/h10-11,14-17,20H,7-9,12-13H2,1-6H3,(H,27,29). The molecule has 1 aliphatic rings. The Labute approximate surface area is 198 Å². The lowest BCUT2D eigenvalue weighted by Crippen LogP contribution is -2.36. The van der Waals surface area contributed by atoms with Gasteiger partial charge < -0.3 is 10.1 Å². The molecule has 0 bridgehead atoms. The van der Waals surface area contributed by atoms with E-state index in [2.05, 4.69) is 25.2 Å². The highest BCUT2D eigenvalue weighted by molar-refractivity contribution is 7.89. The van der Waals surface area contributed by atoms with E-state index >= 15 is 0 Å². The molecular formula is C26H36N2O4S. The molecule has 1 amide bonds. The van der Waals surface area contributed by atoms with Gasteiger partial charge in [0.2, 0.25) is 10.0 Å². The van der Waals surface area contributed by atoms with Gasteiger partial charge in [-0.25, -0.2) is 8.42 Å². The minimum absolute atomic E-state index is 0.215. The molecule has 1 unspecified atom stereocenters. The van der Waals surface area contributed by atoms with Crippen molar-refractivity contribution in [3.8, 4) is 5.75 Å². The molecule has 1 fully saturated rings. The van der Waals surface area contributed by atoms with Crippen LogP contribution in [0.1, 0.15) is 84.6 Å². The monoisotopic (exact) mass is 472 g/mol. The Kier molecular flexibility index (Phi) is 7.85. The van der Waals surface area contributed by atoms with E-state index in [0.717, 1.165) is 41.7 Å². The molecule has 1 N–H and O–H groups in total. The first kappa shape index (κ1) is 25.2. The maximum Gasteiger partial charge on any atom is 0.251 e. The van der Waals surface area contributed by atoms with E-state index < -0.39 is 10.0 Å². The number of hydrogen-bond donors (Lipinski definition) is 1. The molecule has 33 heavy (non-hydrogen) atoms. The van der Waals surface area contributed by atoms with Crippen molar-refractivity contribution < 1.29 is 17.9 Å². The zero-order valence-electron chi connectivity index (χ0n) is 20.6. The summed E-state index contributed by atoms with van der Waals surface area (Å²) in [5.41, 5.74) is 4.13. The topological polar surface area (TPSA) is 75.7 Å². The number of methoxy groups -OCH3 is 1. The molecule has 1 aliphatic heterocycles. The van der Waals surface area contributed by atoms with E-state index in [4.69, 9.17) is 4.74 Å². The van der Waals surface area contributed by atoms with Crippen LogP contribution in [0.2, 0.25) is 0 Å². The Morgan fingerprint density at radius 1 is 0.970 bits per heavy atom. The van der Waals surface area contributed by atoms with Gasteiger partial charge in [0, 0.05) is 18.7 Å². The van der Waals surface area contributed by atoms with Crippen molar-refractivity contribution in [1.82, 2.24) is 9.62 Å². The summed E-state index contributed by atoms with van der Waals surface area (Å²) in [5, 5.41) is 3.05. The van der Waals surface area contributed by atoms with Crippen molar-refractivity contribution >= 4 is 15.9 Å². The lowest BCUT2D eigenvalue weighted by atomic mass is 9.93. The zero-order valence-corrected chi connectivity index (χ0v) is 21.4. The third kappa shape index (κ3) is 5.41. The van der Waals surface area contributed by atoms with Crippen molar-refractivity contribution in [2.24, 2.45) is 0 Å².